The fourth-order valence-electron chi connectivity index (χ4n) is 4.35. The topological polar surface area (TPSA) is 93.2 Å². The molecule has 1 amide bonds. The monoisotopic (exact) mass is 444 g/mol. The first-order chi connectivity index (χ1) is 16.6. The van der Waals surface area contributed by atoms with E-state index in [1.807, 2.05) is 42.5 Å². The van der Waals surface area contributed by atoms with E-state index in [4.69, 9.17) is 11.5 Å². The summed E-state index contributed by atoms with van der Waals surface area (Å²) in [6, 6.07) is 34.1. The lowest BCUT2D eigenvalue weighted by Crippen LogP contribution is -2.01. The average Bonchev–Trinajstić information content (AvgIpc) is 2.85. The molecule has 0 radical (unpaired) electrons. The molecule has 0 fully saturated rings. The summed E-state index contributed by atoms with van der Waals surface area (Å²) >= 11 is 0. The Morgan fingerprint density at radius 1 is 0.618 bits per heavy atom. The molecule has 0 saturated heterocycles. The van der Waals surface area contributed by atoms with Gasteiger partial charge < -0.3 is 22.1 Å². The predicted octanol–water partition coefficient (Wildman–Crippen LogP) is 6.75. The molecule has 0 aliphatic rings. The predicted molar refractivity (Wildman–Crippen MR) is 145 cm³/mol. The Bertz CT molecular complexity index is 1560. The van der Waals surface area contributed by atoms with Crippen molar-refractivity contribution in [3.8, 4) is 0 Å². The third-order valence-corrected chi connectivity index (χ3v) is 5.82. The normalized spacial score (nSPS) is 10.7. The van der Waals surface area contributed by atoms with E-state index in [0.29, 0.717) is 11.4 Å². The number of carbonyl (C=O) groups is 1. The SMILES string of the molecule is Nc1cccc(N)c1.O=CNc1cc2ccc3cccc4ccc(c1Nc1ccccc1)c2c34. The van der Waals surface area contributed by atoms with Gasteiger partial charge in [-0.1, -0.05) is 66.7 Å². The van der Waals surface area contributed by atoms with Crippen LogP contribution in [0.4, 0.5) is 28.4 Å². The summed E-state index contributed by atoms with van der Waals surface area (Å²) in [6.45, 7) is 0. The molecule has 0 heterocycles. The molecule has 5 heteroatoms. The van der Waals surface area contributed by atoms with Crippen LogP contribution in [0.15, 0.2) is 103 Å². The number of rotatable bonds is 4. The Hall–Kier alpha value is -4.77. The van der Waals surface area contributed by atoms with E-state index in [1.165, 1.54) is 21.5 Å². The van der Waals surface area contributed by atoms with Gasteiger partial charge in [-0.2, -0.15) is 0 Å². The van der Waals surface area contributed by atoms with Crippen LogP contribution in [0.2, 0.25) is 0 Å². The molecular weight excluding hydrogens is 420 g/mol. The fourth-order valence-corrected chi connectivity index (χ4v) is 4.35. The third-order valence-electron chi connectivity index (χ3n) is 5.82. The van der Waals surface area contributed by atoms with Crippen LogP contribution in [0.25, 0.3) is 32.3 Å². The van der Waals surface area contributed by atoms with Crippen LogP contribution in [0, 0.1) is 0 Å². The molecule has 6 N–H and O–H groups in total. The Morgan fingerprint density at radius 3 is 1.91 bits per heavy atom. The summed E-state index contributed by atoms with van der Waals surface area (Å²) in [5.74, 6) is 0. The third kappa shape index (κ3) is 4.02. The lowest BCUT2D eigenvalue weighted by molar-refractivity contribution is -0.105. The number of nitrogens with one attached hydrogen (secondary N) is 2. The summed E-state index contributed by atoms with van der Waals surface area (Å²) < 4.78 is 0. The molecule has 166 valence electrons. The highest BCUT2D eigenvalue weighted by atomic mass is 16.1. The van der Waals surface area contributed by atoms with E-state index in [0.717, 1.165) is 34.2 Å². The summed E-state index contributed by atoms with van der Waals surface area (Å²) in [5, 5.41) is 13.5. The summed E-state index contributed by atoms with van der Waals surface area (Å²) in [4.78, 5) is 11.2. The van der Waals surface area contributed by atoms with Crippen LogP contribution in [-0.4, -0.2) is 6.41 Å². The number of benzene rings is 6. The molecule has 6 aromatic rings. The van der Waals surface area contributed by atoms with Crippen molar-refractivity contribution < 1.29 is 4.79 Å². The van der Waals surface area contributed by atoms with Crippen LogP contribution in [0.3, 0.4) is 0 Å². The van der Waals surface area contributed by atoms with Gasteiger partial charge in [0.25, 0.3) is 0 Å². The molecule has 34 heavy (non-hydrogen) atoms. The second-order valence-electron chi connectivity index (χ2n) is 8.08. The number of hydrogen-bond donors (Lipinski definition) is 4. The van der Waals surface area contributed by atoms with Gasteiger partial charge >= 0.3 is 0 Å². The summed E-state index contributed by atoms with van der Waals surface area (Å²) in [5.41, 5.74) is 14.9. The second kappa shape index (κ2) is 9.00. The van der Waals surface area contributed by atoms with Crippen LogP contribution in [0.1, 0.15) is 0 Å². The maximum absolute atomic E-state index is 11.2. The highest BCUT2D eigenvalue weighted by Crippen LogP contribution is 2.42. The van der Waals surface area contributed by atoms with Crippen molar-refractivity contribution in [1.29, 1.82) is 0 Å². The van der Waals surface area contributed by atoms with Crippen LogP contribution >= 0.6 is 0 Å². The quantitative estimate of drug-likeness (QED) is 0.137. The van der Waals surface area contributed by atoms with E-state index in [-0.39, 0.29) is 0 Å². The maximum Gasteiger partial charge on any atom is 0.211 e. The van der Waals surface area contributed by atoms with E-state index in [2.05, 4.69) is 53.1 Å². The number of nitrogens with two attached hydrogens (primary N) is 2. The highest BCUT2D eigenvalue weighted by molar-refractivity contribution is 6.27. The van der Waals surface area contributed by atoms with Gasteiger partial charge in [0, 0.05) is 22.4 Å². The zero-order valence-electron chi connectivity index (χ0n) is 18.5. The number of carbonyl (C=O) groups excluding carboxylic acids is 1. The first kappa shape index (κ1) is 21.1. The number of anilines is 5. The van der Waals surface area contributed by atoms with Gasteiger partial charge in [-0.15, -0.1) is 0 Å². The van der Waals surface area contributed by atoms with Gasteiger partial charge in [-0.05, 0) is 63.3 Å². The van der Waals surface area contributed by atoms with Crippen molar-refractivity contribution in [2.75, 3.05) is 22.1 Å². The molecule has 0 unspecified atom stereocenters. The second-order valence-corrected chi connectivity index (χ2v) is 8.08. The highest BCUT2D eigenvalue weighted by Gasteiger charge is 2.14. The van der Waals surface area contributed by atoms with Crippen molar-refractivity contribution >= 4 is 67.2 Å². The van der Waals surface area contributed by atoms with E-state index in [9.17, 15) is 4.79 Å². The van der Waals surface area contributed by atoms with Crippen molar-refractivity contribution in [2.45, 2.75) is 0 Å². The minimum Gasteiger partial charge on any atom is -0.399 e. The van der Waals surface area contributed by atoms with Gasteiger partial charge in [0.2, 0.25) is 6.41 Å². The lowest BCUT2D eigenvalue weighted by Gasteiger charge is -2.18. The fraction of sp³-hybridized carbons (Fsp3) is 0. The minimum absolute atomic E-state index is 0.713. The Morgan fingerprint density at radius 2 is 1.26 bits per heavy atom. The Labute approximate surface area is 197 Å². The van der Waals surface area contributed by atoms with Gasteiger partial charge in [0.15, 0.2) is 0 Å². The molecule has 0 aliphatic carbocycles. The molecule has 6 aromatic carbocycles. The minimum atomic E-state index is 0.713. The molecule has 6 rings (SSSR count). The standard InChI is InChI=1S/C23H16N2O.C6H8N2/c26-14-24-20-13-17-10-9-15-5-4-6-16-11-12-19(22(17)21(15)16)23(20)25-18-7-2-1-3-8-18;7-5-2-1-3-6(8)4-5/h1-14,25H,(H,24,26);1-4H,7-8H2. The van der Waals surface area contributed by atoms with Crippen LogP contribution < -0.4 is 22.1 Å². The molecule has 0 spiro atoms. The summed E-state index contributed by atoms with van der Waals surface area (Å²) in [7, 11) is 0. The molecule has 0 saturated carbocycles. The van der Waals surface area contributed by atoms with Gasteiger partial charge in [-0.25, -0.2) is 0 Å². The Kier molecular flexibility index (Phi) is 5.58. The maximum atomic E-state index is 11.2. The molecule has 0 atom stereocenters. The van der Waals surface area contributed by atoms with Gasteiger partial charge in [0.05, 0.1) is 11.4 Å². The first-order valence-corrected chi connectivity index (χ1v) is 11.0. The smallest absolute Gasteiger partial charge is 0.211 e. The molecule has 0 aliphatic heterocycles. The van der Waals surface area contributed by atoms with Crippen molar-refractivity contribution in [2.24, 2.45) is 0 Å². The molecule has 0 bridgehead atoms. The van der Waals surface area contributed by atoms with Crippen LogP contribution in [-0.2, 0) is 4.79 Å². The number of nitrogen functional groups attached to an aromatic ring is 2. The van der Waals surface area contributed by atoms with Gasteiger partial charge in [0.1, 0.15) is 0 Å². The largest absolute Gasteiger partial charge is 0.399 e. The number of amides is 1. The first-order valence-electron chi connectivity index (χ1n) is 11.0. The van der Waals surface area contributed by atoms with Crippen molar-refractivity contribution in [1.82, 2.24) is 0 Å². The lowest BCUT2D eigenvalue weighted by atomic mass is 9.92. The molecular formula is C29H24N4O. The van der Waals surface area contributed by atoms with E-state index >= 15 is 0 Å². The zero-order chi connectivity index (χ0) is 23.5. The average molecular weight is 445 g/mol. The zero-order valence-corrected chi connectivity index (χ0v) is 18.5. The molecule has 5 nitrogen and oxygen atoms in total. The summed E-state index contributed by atoms with van der Waals surface area (Å²) in [6.07, 6.45) is 0.725. The van der Waals surface area contributed by atoms with E-state index in [1.54, 1.807) is 18.2 Å². The molecule has 0 aromatic heterocycles. The van der Waals surface area contributed by atoms with E-state index < -0.39 is 0 Å². The van der Waals surface area contributed by atoms with Crippen molar-refractivity contribution in [3.05, 3.63) is 103 Å². The van der Waals surface area contributed by atoms with Crippen LogP contribution in [0.5, 0.6) is 0 Å². The number of hydrogen-bond acceptors (Lipinski definition) is 4. The van der Waals surface area contributed by atoms with Gasteiger partial charge in [-0.3, -0.25) is 4.79 Å². The Balaban J connectivity index is 0.000000257. The van der Waals surface area contributed by atoms with Crippen molar-refractivity contribution in [3.63, 3.8) is 0 Å². The number of para-hydroxylation sites is 1.